The van der Waals surface area contributed by atoms with Gasteiger partial charge in [-0.05, 0) is 19.3 Å². The predicted octanol–water partition coefficient (Wildman–Crippen LogP) is 1.34. The van der Waals surface area contributed by atoms with Crippen molar-refractivity contribution in [3.8, 4) is 0 Å². The predicted molar refractivity (Wildman–Crippen MR) is 73.0 cm³/mol. The fourth-order valence-corrected chi connectivity index (χ4v) is 3.77. The zero-order chi connectivity index (χ0) is 14.5. The minimum atomic E-state index is -3.72. The molecule has 0 saturated heterocycles. The summed E-state index contributed by atoms with van der Waals surface area (Å²) < 4.78 is 27.9. The Balaban J connectivity index is 2.69. The minimum Gasteiger partial charge on any atom is -0.480 e. The van der Waals surface area contributed by atoms with Crippen LogP contribution in [0.25, 0.3) is 0 Å². The van der Waals surface area contributed by atoms with E-state index in [1.165, 1.54) is 11.4 Å². The highest BCUT2D eigenvalue weighted by molar-refractivity contribution is 7.87. The van der Waals surface area contributed by atoms with Crippen molar-refractivity contribution in [1.29, 1.82) is 0 Å². The number of nitrogens with one attached hydrogen (secondary N) is 1. The van der Waals surface area contributed by atoms with Gasteiger partial charge in [0.25, 0.3) is 10.2 Å². The van der Waals surface area contributed by atoms with Crippen LogP contribution in [0.1, 0.15) is 51.9 Å². The molecule has 1 saturated carbocycles. The van der Waals surface area contributed by atoms with Crippen LogP contribution >= 0.6 is 0 Å². The number of aliphatic carboxylic acids is 1. The molecule has 0 spiro atoms. The van der Waals surface area contributed by atoms with E-state index in [4.69, 9.17) is 5.11 Å². The molecule has 1 aliphatic rings. The quantitative estimate of drug-likeness (QED) is 0.741. The molecule has 0 radical (unpaired) electrons. The normalized spacial score (nSPS) is 19.5. The highest BCUT2D eigenvalue weighted by Crippen LogP contribution is 2.23. The summed E-state index contributed by atoms with van der Waals surface area (Å²) in [7, 11) is -2.19. The summed E-state index contributed by atoms with van der Waals surface area (Å²) in [5.74, 6) is -1.12. The van der Waals surface area contributed by atoms with Crippen molar-refractivity contribution in [3.63, 3.8) is 0 Å². The van der Waals surface area contributed by atoms with Gasteiger partial charge in [0.05, 0.1) is 0 Å². The molecule has 0 aromatic heterocycles. The van der Waals surface area contributed by atoms with E-state index in [-0.39, 0.29) is 6.04 Å². The van der Waals surface area contributed by atoms with Crippen molar-refractivity contribution in [2.24, 2.45) is 0 Å². The first-order valence-corrected chi connectivity index (χ1v) is 8.30. The molecule has 0 aromatic carbocycles. The van der Waals surface area contributed by atoms with E-state index in [9.17, 15) is 13.2 Å². The molecule has 1 atom stereocenters. The molecule has 0 aromatic rings. The molecule has 112 valence electrons. The summed E-state index contributed by atoms with van der Waals surface area (Å²) in [5, 5.41) is 9.01. The monoisotopic (exact) mass is 292 g/mol. The van der Waals surface area contributed by atoms with Gasteiger partial charge in [0, 0.05) is 13.1 Å². The molecule has 0 aliphatic heterocycles. The number of nitrogens with zero attached hydrogens (tertiary/aromatic N) is 1. The number of hydrogen-bond acceptors (Lipinski definition) is 3. The van der Waals surface area contributed by atoms with E-state index >= 15 is 0 Å². The molecular formula is C12H24N2O4S. The van der Waals surface area contributed by atoms with Crippen molar-refractivity contribution in [1.82, 2.24) is 9.03 Å². The van der Waals surface area contributed by atoms with Crippen LogP contribution in [0.5, 0.6) is 0 Å². The molecule has 1 aliphatic carbocycles. The second kappa shape index (κ2) is 7.21. The SMILES string of the molecule is CCC[C@H](NS(=O)(=O)N(C)C1CCCCC1)C(=O)O. The highest BCUT2D eigenvalue weighted by atomic mass is 32.2. The second-order valence-corrected chi connectivity index (χ2v) is 6.87. The van der Waals surface area contributed by atoms with Gasteiger partial charge >= 0.3 is 5.97 Å². The molecule has 6 nitrogen and oxygen atoms in total. The number of carboxylic acids is 1. The standard InChI is InChI=1S/C12H24N2O4S/c1-3-7-11(12(15)16)13-19(17,18)14(2)10-8-5-4-6-9-10/h10-11,13H,3-9H2,1-2H3,(H,15,16)/t11-/m0/s1. The lowest BCUT2D eigenvalue weighted by Gasteiger charge is -2.31. The van der Waals surface area contributed by atoms with Crippen LogP contribution in [0.2, 0.25) is 0 Å². The van der Waals surface area contributed by atoms with Gasteiger partial charge in [0.1, 0.15) is 6.04 Å². The maximum absolute atomic E-state index is 12.2. The summed E-state index contributed by atoms with van der Waals surface area (Å²) in [6, 6.07) is -1.05. The Kier molecular flexibility index (Phi) is 6.22. The zero-order valence-corrected chi connectivity index (χ0v) is 12.4. The van der Waals surface area contributed by atoms with Gasteiger partial charge in [-0.25, -0.2) is 0 Å². The van der Waals surface area contributed by atoms with Crippen LogP contribution in [0.15, 0.2) is 0 Å². The number of carbonyl (C=O) groups is 1. The van der Waals surface area contributed by atoms with Crippen LogP contribution in [-0.4, -0.2) is 42.9 Å². The summed E-state index contributed by atoms with van der Waals surface area (Å²) in [6.07, 6.45) is 5.82. The van der Waals surface area contributed by atoms with Gasteiger partial charge in [-0.1, -0.05) is 32.6 Å². The van der Waals surface area contributed by atoms with Crippen molar-refractivity contribution in [3.05, 3.63) is 0 Å². The minimum absolute atomic E-state index is 0.0117. The second-order valence-electron chi connectivity index (χ2n) is 5.11. The van der Waals surface area contributed by atoms with E-state index in [1.54, 1.807) is 0 Å². The molecule has 0 unspecified atom stereocenters. The van der Waals surface area contributed by atoms with Gasteiger partial charge in [0.2, 0.25) is 0 Å². The molecule has 1 rings (SSSR count). The Morgan fingerprint density at radius 3 is 2.42 bits per heavy atom. The average Bonchev–Trinajstić information content (AvgIpc) is 2.38. The van der Waals surface area contributed by atoms with E-state index in [2.05, 4.69) is 4.72 Å². The molecule has 0 bridgehead atoms. The van der Waals surface area contributed by atoms with Gasteiger partial charge in [-0.3, -0.25) is 4.79 Å². The van der Waals surface area contributed by atoms with Crippen LogP contribution in [0.3, 0.4) is 0 Å². The van der Waals surface area contributed by atoms with Gasteiger partial charge < -0.3 is 5.11 Å². The summed E-state index contributed by atoms with van der Waals surface area (Å²) in [4.78, 5) is 11.0. The Morgan fingerprint density at radius 1 is 1.37 bits per heavy atom. The van der Waals surface area contributed by atoms with Crippen molar-refractivity contribution in [2.45, 2.75) is 64.0 Å². The number of carboxylic acid groups (broad SMARTS) is 1. The van der Waals surface area contributed by atoms with Crippen LogP contribution < -0.4 is 4.72 Å². The van der Waals surface area contributed by atoms with Crippen LogP contribution in [0, 0.1) is 0 Å². The molecule has 1 fully saturated rings. The Labute approximate surface area is 115 Å². The van der Waals surface area contributed by atoms with Gasteiger partial charge in [-0.2, -0.15) is 17.4 Å². The molecule has 2 N–H and O–H groups in total. The van der Waals surface area contributed by atoms with E-state index in [0.29, 0.717) is 12.8 Å². The third-order valence-corrected chi connectivity index (χ3v) is 5.27. The van der Waals surface area contributed by atoms with E-state index in [0.717, 1.165) is 32.1 Å². The van der Waals surface area contributed by atoms with Gasteiger partial charge in [-0.15, -0.1) is 0 Å². The maximum Gasteiger partial charge on any atom is 0.321 e. The fourth-order valence-electron chi connectivity index (χ4n) is 2.43. The lowest BCUT2D eigenvalue weighted by Crippen LogP contribution is -2.50. The smallest absolute Gasteiger partial charge is 0.321 e. The average molecular weight is 292 g/mol. The van der Waals surface area contributed by atoms with E-state index < -0.39 is 22.2 Å². The Morgan fingerprint density at radius 2 is 1.95 bits per heavy atom. The van der Waals surface area contributed by atoms with Crippen molar-refractivity contribution < 1.29 is 18.3 Å². The molecule has 0 amide bonds. The van der Waals surface area contributed by atoms with E-state index in [1.807, 2.05) is 6.92 Å². The molecule has 19 heavy (non-hydrogen) atoms. The largest absolute Gasteiger partial charge is 0.480 e. The number of rotatable bonds is 7. The first kappa shape index (κ1) is 16.4. The summed E-state index contributed by atoms with van der Waals surface area (Å²) in [6.45, 7) is 1.83. The van der Waals surface area contributed by atoms with Crippen molar-refractivity contribution in [2.75, 3.05) is 7.05 Å². The Hall–Kier alpha value is -0.660. The lowest BCUT2D eigenvalue weighted by molar-refractivity contribution is -0.139. The zero-order valence-electron chi connectivity index (χ0n) is 11.6. The van der Waals surface area contributed by atoms with Crippen molar-refractivity contribution >= 4 is 16.2 Å². The highest BCUT2D eigenvalue weighted by Gasteiger charge is 2.31. The molecular weight excluding hydrogens is 268 g/mol. The van der Waals surface area contributed by atoms with Gasteiger partial charge in [0.15, 0.2) is 0 Å². The summed E-state index contributed by atoms with van der Waals surface area (Å²) in [5.41, 5.74) is 0. The first-order valence-electron chi connectivity index (χ1n) is 6.86. The third-order valence-electron chi connectivity index (χ3n) is 3.63. The Bertz CT molecular complexity index is 391. The maximum atomic E-state index is 12.2. The topological polar surface area (TPSA) is 86.7 Å². The lowest BCUT2D eigenvalue weighted by atomic mass is 9.96. The molecule has 0 heterocycles. The van der Waals surface area contributed by atoms with Crippen LogP contribution in [0.4, 0.5) is 0 Å². The summed E-state index contributed by atoms with van der Waals surface area (Å²) >= 11 is 0. The third kappa shape index (κ3) is 4.74. The first-order chi connectivity index (χ1) is 8.88. The fraction of sp³-hybridized carbons (Fsp3) is 0.917. The molecule has 7 heteroatoms. The van der Waals surface area contributed by atoms with Crippen LogP contribution in [-0.2, 0) is 15.0 Å². The number of hydrogen-bond donors (Lipinski definition) is 2.